The molecule has 0 aliphatic carbocycles. The number of para-hydroxylation sites is 1. The van der Waals surface area contributed by atoms with E-state index in [1.165, 1.54) is 25.7 Å². The third-order valence-corrected chi connectivity index (χ3v) is 3.57. The molecule has 1 aromatic heterocycles. The van der Waals surface area contributed by atoms with Crippen molar-refractivity contribution in [2.45, 2.75) is 39.5 Å². The van der Waals surface area contributed by atoms with Gasteiger partial charge in [0.2, 0.25) is 0 Å². The molecule has 0 saturated heterocycles. The highest BCUT2D eigenvalue weighted by Crippen LogP contribution is 2.23. The van der Waals surface area contributed by atoms with Gasteiger partial charge in [-0.3, -0.25) is 0 Å². The zero-order valence-electron chi connectivity index (χ0n) is 13.2. The molecule has 2 rings (SSSR count). The number of nitrogens with one attached hydrogen (secondary N) is 1. The summed E-state index contributed by atoms with van der Waals surface area (Å²) in [5.74, 6) is 0.879. The maximum Gasteiger partial charge on any atom is 0.145 e. The molecule has 0 aliphatic rings. The van der Waals surface area contributed by atoms with Crippen molar-refractivity contribution in [3.63, 3.8) is 0 Å². The van der Waals surface area contributed by atoms with Crippen LogP contribution in [-0.4, -0.2) is 24.7 Å². The van der Waals surface area contributed by atoms with E-state index in [4.69, 9.17) is 4.74 Å². The van der Waals surface area contributed by atoms with Crippen molar-refractivity contribution in [2.75, 3.05) is 19.7 Å². The maximum absolute atomic E-state index is 5.88. The second-order valence-electron chi connectivity index (χ2n) is 5.44. The number of unbranched alkanes of at least 4 members (excludes halogenated alkanes) is 3. The van der Waals surface area contributed by atoms with Gasteiger partial charge < -0.3 is 10.1 Å². The molecule has 0 bridgehead atoms. The number of aryl methyl sites for hydroxylation is 1. The molecule has 2 aromatic rings. The molecule has 0 atom stereocenters. The molecule has 114 valence electrons. The monoisotopic (exact) mass is 286 g/mol. The quantitative estimate of drug-likeness (QED) is 0.705. The molecular weight excluding hydrogens is 260 g/mol. The third-order valence-electron chi connectivity index (χ3n) is 3.57. The number of hydrogen-bond donors (Lipinski definition) is 1. The standard InChI is InChI=1S/C18H26N2O/c1-3-4-5-6-12-19-13-14-21-17-9-7-8-16-11-10-15(2)20-18(16)17/h7-11,19H,3-6,12-14H2,1-2H3. The van der Waals surface area contributed by atoms with Crippen LogP contribution in [-0.2, 0) is 0 Å². The molecule has 0 aliphatic heterocycles. The molecule has 0 spiro atoms. The van der Waals surface area contributed by atoms with E-state index in [9.17, 15) is 0 Å². The molecule has 0 amide bonds. The lowest BCUT2D eigenvalue weighted by molar-refractivity contribution is 0.316. The highest BCUT2D eigenvalue weighted by molar-refractivity contribution is 5.84. The summed E-state index contributed by atoms with van der Waals surface area (Å²) in [6.45, 7) is 6.89. The molecular formula is C18H26N2O. The van der Waals surface area contributed by atoms with E-state index in [0.29, 0.717) is 6.61 Å². The van der Waals surface area contributed by atoms with Crippen molar-refractivity contribution < 1.29 is 4.74 Å². The molecule has 0 fully saturated rings. The number of nitrogens with zero attached hydrogens (tertiary/aromatic N) is 1. The molecule has 0 radical (unpaired) electrons. The van der Waals surface area contributed by atoms with E-state index < -0.39 is 0 Å². The molecule has 1 heterocycles. The number of benzene rings is 1. The van der Waals surface area contributed by atoms with Crippen LogP contribution in [0.25, 0.3) is 10.9 Å². The topological polar surface area (TPSA) is 34.1 Å². The van der Waals surface area contributed by atoms with Crippen LogP contribution in [0.3, 0.4) is 0 Å². The minimum atomic E-state index is 0.683. The average Bonchev–Trinajstić information content (AvgIpc) is 2.50. The van der Waals surface area contributed by atoms with Crippen LogP contribution in [0.15, 0.2) is 30.3 Å². The largest absolute Gasteiger partial charge is 0.490 e. The molecule has 0 unspecified atom stereocenters. The second-order valence-corrected chi connectivity index (χ2v) is 5.44. The van der Waals surface area contributed by atoms with Crippen molar-refractivity contribution in [1.82, 2.24) is 10.3 Å². The molecule has 3 nitrogen and oxygen atoms in total. The van der Waals surface area contributed by atoms with Gasteiger partial charge in [-0.05, 0) is 32.0 Å². The minimum absolute atomic E-state index is 0.683. The predicted molar refractivity (Wildman–Crippen MR) is 89.0 cm³/mol. The van der Waals surface area contributed by atoms with Crippen LogP contribution in [0.2, 0.25) is 0 Å². The fourth-order valence-electron chi connectivity index (χ4n) is 2.37. The third kappa shape index (κ3) is 5.01. The fraction of sp³-hybridized carbons (Fsp3) is 0.500. The number of rotatable bonds is 9. The van der Waals surface area contributed by atoms with E-state index >= 15 is 0 Å². The second kappa shape index (κ2) is 8.63. The van der Waals surface area contributed by atoms with Gasteiger partial charge in [-0.2, -0.15) is 0 Å². The normalized spacial score (nSPS) is 11.0. The molecule has 21 heavy (non-hydrogen) atoms. The van der Waals surface area contributed by atoms with Gasteiger partial charge in [0.15, 0.2) is 0 Å². The van der Waals surface area contributed by atoms with Gasteiger partial charge in [-0.25, -0.2) is 4.98 Å². The lowest BCUT2D eigenvalue weighted by atomic mass is 10.2. The zero-order chi connectivity index (χ0) is 14.9. The lowest BCUT2D eigenvalue weighted by Gasteiger charge is -2.10. The summed E-state index contributed by atoms with van der Waals surface area (Å²) in [5.41, 5.74) is 1.98. The zero-order valence-corrected chi connectivity index (χ0v) is 13.2. The summed E-state index contributed by atoms with van der Waals surface area (Å²) < 4.78 is 5.88. The number of hydrogen-bond acceptors (Lipinski definition) is 3. The van der Waals surface area contributed by atoms with E-state index in [2.05, 4.69) is 29.4 Å². The predicted octanol–water partition coefficient (Wildman–Crippen LogP) is 4.09. The van der Waals surface area contributed by atoms with E-state index in [0.717, 1.165) is 35.4 Å². The van der Waals surface area contributed by atoms with Gasteiger partial charge in [0, 0.05) is 17.6 Å². The summed E-state index contributed by atoms with van der Waals surface area (Å²) in [7, 11) is 0. The lowest BCUT2D eigenvalue weighted by Crippen LogP contribution is -2.22. The highest BCUT2D eigenvalue weighted by Gasteiger charge is 2.03. The van der Waals surface area contributed by atoms with Gasteiger partial charge in [-0.1, -0.05) is 44.4 Å². The number of fused-ring (bicyclic) bond motifs is 1. The van der Waals surface area contributed by atoms with Crippen molar-refractivity contribution in [3.05, 3.63) is 36.0 Å². The van der Waals surface area contributed by atoms with Gasteiger partial charge in [0.1, 0.15) is 17.9 Å². The molecule has 0 saturated carbocycles. The fourth-order valence-corrected chi connectivity index (χ4v) is 2.37. The first-order chi connectivity index (χ1) is 10.3. The summed E-state index contributed by atoms with van der Waals surface area (Å²) in [4.78, 5) is 4.58. The van der Waals surface area contributed by atoms with Gasteiger partial charge in [-0.15, -0.1) is 0 Å². The van der Waals surface area contributed by atoms with Crippen LogP contribution < -0.4 is 10.1 Å². The van der Waals surface area contributed by atoms with E-state index in [1.54, 1.807) is 0 Å². The van der Waals surface area contributed by atoms with Gasteiger partial charge >= 0.3 is 0 Å². The summed E-state index contributed by atoms with van der Waals surface area (Å²) in [6, 6.07) is 10.2. The smallest absolute Gasteiger partial charge is 0.145 e. The van der Waals surface area contributed by atoms with E-state index in [1.807, 2.05) is 25.1 Å². The van der Waals surface area contributed by atoms with Crippen LogP contribution in [0, 0.1) is 6.92 Å². The Morgan fingerprint density at radius 1 is 1.05 bits per heavy atom. The van der Waals surface area contributed by atoms with Crippen LogP contribution >= 0.6 is 0 Å². The number of aromatic nitrogens is 1. The maximum atomic E-state index is 5.88. The summed E-state index contributed by atoms with van der Waals surface area (Å²) in [6.07, 6.45) is 5.19. The highest BCUT2D eigenvalue weighted by atomic mass is 16.5. The first kappa shape index (κ1) is 15.8. The van der Waals surface area contributed by atoms with Crippen LogP contribution in [0.4, 0.5) is 0 Å². The van der Waals surface area contributed by atoms with Gasteiger partial charge in [0.25, 0.3) is 0 Å². The first-order valence-electron chi connectivity index (χ1n) is 8.01. The van der Waals surface area contributed by atoms with Crippen LogP contribution in [0.1, 0.15) is 38.3 Å². The summed E-state index contributed by atoms with van der Waals surface area (Å²) in [5, 5.41) is 4.56. The van der Waals surface area contributed by atoms with E-state index in [-0.39, 0.29) is 0 Å². The van der Waals surface area contributed by atoms with Crippen molar-refractivity contribution in [2.24, 2.45) is 0 Å². The number of ether oxygens (including phenoxy) is 1. The Hall–Kier alpha value is -1.61. The Bertz CT molecular complexity index is 554. The summed E-state index contributed by atoms with van der Waals surface area (Å²) >= 11 is 0. The Morgan fingerprint density at radius 2 is 1.95 bits per heavy atom. The number of pyridine rings is 1. The van der Waals surface area contributed by atoms with Crippen molar-refractivity contribution in [1.29, 1.82) is 0 Å². The first-order valence-corrected chi connectivity index (χ1v) is 8.01. The Kier molecular flexibility index (Phi) is 6.48. The van der Waals surface area contributed by atoms with Crippen molar-refractivity contribution in [3.8, 4) is 5.75 Å². The molecule has 1 aromatic carbocycles. The van der Waals surface area contributed by atoms with Crippen molar-refractivity contribution >= 4 is 10.9 Å². The Labute approximate surface area is 127 Å². The SMILES string of the molecule is CCCCCCNCCOc1cccc2ccc(C)nc12. The minimum Gasteiger partial charge on any atom is -0.490 e. The Morgan fingerprint density at radius 3 is 2.81 bits per heavy atom. The average molecular weight is 286 g/mol. The van der Waals surface area contributed by atoms with Gasteiger partial charge in [0.05, 0.1) is 0 Å². The Balaban J connectivity index is 1.77. The van der Waals surface area contributed by atoms with Crippen LogP contribution in [0.5, 0.6) is 5.75 Å². The molecule has 1 N–H and O–H groups in total. The molecule has 3 heteroatoms.